The first-order valence-electron chi connectivity index (χ1n) is 22.1. The van der Waals surface area contributed by atoms with E-state index in [4.69, 9.17) is 15.0 Å². The minimum Gasteiger partial charge on any atom is -0.309 e. The lowest BCUT2D eigenvalue weighted by Crippen LogP contribution is -2.02. The maximum atomic E-state index is 5.34. The molecule has 11 aromatic carbocycles. The average molecular weight is 827 g/mol. The van der Waals surface area contributed by atoms with Gasteiger partial charge in [-0.25, -0.2) is 15.0 Å². The molecule has 0 N–H and O–H groups in total. The van der Waals surface area contributed by atoms with Crippen LogP contribution < -0.4 is 0 Å². The van der Waals surface area contributed by atoms with Crippen molar-refractivity contribution in [2.24, 2.45) is 0 Å². The third-order valence-electron chi connectivity index (χ3n) is 13.0. The molecule has 13 aromatic rings. The molecule has 0 saturated heterocycles. The second-order valence-electron chi connectivity index (χ2n) is 16.8. The zero-order valence-corrected chi connectivity index (χ0v) is 35.2. The largest absolute Gasteiger partial charge is 0.309 e. The zero-order chi connectivity index (χ0) is 42.8. The molecule has 2 heterocycles. The third kappa shape index (κ3) is 6.26. The highest BCUT2D eigenvalue weighted by Crippen LogP contribution is 2.41. The summed E-state index contributed by atoms with van der Waals surface area (Å²) in [5.41, 5.74) is 10.6. The highest BCUT2D eigenvalue weighted by atomic mass is 15.0. The van der Waals surface area contributed by atoms with Crippen LogP contribution in [0.5, 0.6) is 0 Å². The van der Waals surface area contributed by atoms with E-state index in [1.807, 2.05) is 18.2 Å². The van der Waals surface area contributed by atoms with Crippen molar-refractivity contribution in [3.05, 3.63) is 231 Å². The molecule has 0 fully saturated rings. The van der Waals surface area contributed by atoms with E-state index < -0.39 is 0 Å². The van der Waals surface area contributed by atoms with Gasteiger partial charge in [0.2, 0.25) is 0 Å². The van der Waals surface area contributed by atoms with Crippen molar-refractivity contribution in [3.8, 4) is 62.1 Å². The number of benzene rings is 11. The maximum Gasteiger partial charge on any atom is 0.164 e. The Morgan fingerprint density at radius 2 is 0.708 bits per heavy atom. The van der Waals surface area contributed by atoms with E-state index in [1.54, 1.807) is 0 Å². The second kappa shape index (κ2) is 15.0. The number of hydrogen-bond donors (Lipinski definition) is 0. The fraction of sp³-hybridized carbons (Fsp3) is 0. The zero-order valence-electron chi connectivity index (χ0n) is 35.2. The molecule has 13 rings (SSSR count). The Kier molecular flexibility index (Phi) is 8.50. The Morgan fingerprint density at radius 3 is 1.42 bits per heavy atom. The third-order valence-corrected chi connectivity index (χ3v) is 13.0. The SMILES string of the molecule is c1ccc(-c2ccc3c4ccccc4n(-c4cc(-c5ccc6c7ccccc7c7ccccc7c6c5)cc(-c5nc(-c6ccccc6)nc(-c6ccc7ccccc7c6)n5)c4)c3c2)cc1. The molecule has 302 valence electrons. The summed E-state index contributed by atoms with van der Waals surface area (Å²) in [5, 5.41) is 12.2. The Balaban J connectivity index is 1.10. The van der Waals surface area contributed by atoms with Gasteiger partial charge >= 0.3 is 0 Å². The van der Waals surface area contributed by atoms with Crippen molar-refractivity contribution in [2.75, 3.05) is 0 Å². The quantitative estimate of drug-likeness (QED) is 0.157. The smallest absolute Gasteiger partial charge is 0.164 e. The summed E-state index contributed by atoms with van der Waals surface area (Å²) in [7, 11) is 0. The van der Waals surface area contributed by atoms with Crippen LogP contribution in [-0.4, -0.2) is 19.5 Å². The molecule has 0 amide bonds. The van der Waals surface area contributed by atoms with Crippen LogP contribution in [0.25, 0.3) is 127 Å². The van der Waals surface area contributed by atoms with Crippen molar-refractivity contribution in [1.82, 2.24) is 19.5 Å². The van der Waals surface area contributed by atoms with Crippen LogP contribution in [0.15, 0.2) is 231 Å². The Hall–Kier alpha value is -8.73. The Morgan fingerprint density at radius 1 is 0.231 bits per heavy atom. The van der Waals surface area contributed by atoms with Crippen molar-refractivity contribution >= 4 is 64.9 Å². The number of aromatic nitrogens is 4. The number of hydrogen-bond acceptors (Lipinski definition) is 3. The Bertz CT molecular complexity index is 3970. The summed E-state index contributed by atoms with van der Waals surface area (Å²) in [6.07, 6.45) is 0. The molecule has 4 heteroatoms. The fourth-order valence-electron chi connectivity index (χ4n) is 9.86. The van der Waals surface area contributed by atoms with Crippen LogP contribution in [0, 0.1) is 0 Å². The topological polar surface area (TPSA) is 43.6 Å². The second-order valence-corrected chi connectivity index (χ2v) is 16.8. The first-order valence-corrected chi connectivity index (χ1v) is 22.1. The summed E-state index contributed by atoms with van der Waals surface area (Å²) in [5.74, 6) is 1.85. The minimum absolute atomic E-state index is 0.605. The summed E-state index contributed by atoms with van der Waals surface area (Å²) in [4.78, 5) is 15.8. The van der Waals surface area contributed by atoms with E-state index in [2.05, 4.69) is 217 Å². The minimum atomic E-state index is 0.605. The standard InChI is InChI=1S/C61H38N4/c1-3-15-39(16-4-1)44-30-32-55-54-25-13-14-26-57(54)65(58(55)38-44)48-35-46(43-29-31-53-51-23-10-9-21-49(51)50-22-11-12-24-52(50)56(53)37-43)34-47(36-48)61-63-59(41-18-5-2-6-19-41)62-60(64-61)45-28-27-40-17-7-8-20-42(40)33-45/h1-38H. The molecule has 0 bridgehead atoms. The van der Waals surface area contributed by atoms with Crippen molar-refractivity contribution < 1.29 is 0 Å². The predicted octanol–water partition coefficient (Wildman–Crippen LogP) is 15.9. The summed E-state index contributed by atoms with van der Waals surface area (Å²) >= 11 is 0. The highest BCUT2D eigenvalue weighted by Gasteiger charge is 2.19. The number of fused-ring (bicyclic) bond motifs is 10. The maximum absolute atomic E-state index is 5.34. The Labute approximate surface area is 375 Å². The fourth-order valence-corrected chi connectivity index (χ4v) is 9.86. The molecular weight excluding hydrogens is 789 g/mol. The van der Waals surface area contributed by atoms with Gasteiger partial charge in [0.05, 0.1) is 11.0 Å². The van der Waals surface area contributed by atoms with Crippen LogP contribution in [0.4, 0.5) is 0 Å². The highest BCUT2D eigenvalue weighted by molar-refractivity contribution is 6.25. The molecule has 0 aliphatic carbocycles. The van der Waals surface area contributed by atoms with E-state index in [1.165, 1.54) is 54.0 Å². The molecule has 0 radical (unpaired) electrons. The average Bonchev–Trinajstić information content (AvgIpc) is 3.72. The summed E-state index contributed by atoms with van der Waals surface area (Å²) in [6.45, 7) is 0. The van der Waals surface area contributed by atoms with Gasteiger partial charge in [0.15, 0.2) is 17.5 Å². The van der Waals surface area contributed by atoms with Crippen LogP contribution in [-0.2, 0) is 0 Å². The molecule has 0 spiro atoms. The van der Waals surface area contributed by atoms with Gasteiger partial charge in [0.25, 0.3) is 0 Å². The molecule has 0 unspecified atom stereocenters. The van der Waals surface area contributed by atoms with E-state index in [-0.39, 0.29) is 0 Å². The lowest BCUT2D eigenvalue weighted by Gasteiger charge is -2.16. The van der Waals surface area contributed by atoms with Crippen LogP contribution in [0.2, 0.25) is 0 Å². The molecule has 2 aromatic heterocycles. The van der Waals surface area contributed by atoms with Gasteiger partial charge in [-0.05, 0) is 108 Å². The molecular formula is C61H38N4. The van der Waals surface area contributed by atoms with Gasteiger partial charge in [-0.2, -0.15) is 0 Å². The number of para-hydroxylation sites is 1. The number of nitrogens with zero attached hydrogens (tertiary/aromatic N) is 4. The van der Waals surface area contributed by atoms with E-state index in [0.29, 0.717) is 17.5 Å². The van der Waals surface area contributed by atoms with Gasteiger partial charge in [-0.1, -0.05) is 188 Å². The molecule has 0 aliphatic rings. The van der Waals surface area contributed by atoms with Gasteiger partial charge in [0.1, 0.15) is 0 Å². The van der Waals surface area contributed by atoms with Crippen molar-refractivity contribution in [3.63, 3.8) is 0 Å². The summed E-state index contributed by atoms with van der Waals surface area (Å²) < 4.78 is 2.41. The van der Waals surface area contributed by atoms with Crippen molar-refractivity contribution in [2.45, 2.75) is 0 Å². The molecule has 0 saturated carbocycles. The summed E-state index contributed by atoms with van der Waals surface area (Å²) in [6, 6.07) is 82.6. The van der Waals surface area contributed by atoms with Gasteiger partial charge in [-0.3, -0.25) is 0 Å². The van der Waals surface area contributed by atoms with Gasteiger partial charge in [0, 0.05) is 33.2 Å². The first kappa shape index (κ1) is 36.9. The normalized spacial score (nSPS) is 11.7. The van der Waals surface area contributed by atoms with E-state index in [9.17, 15) is 0 Å². The first-order chi connectivity index (χ1) is 32.2. The van der Waals surface area contributed by atoms with Crippen molar-refractivity contribution in [1.29, 1.82) is 0 Å². The van der Waals surface area contributed by atoms with Crippen LogP contribution in [0.3, 0.4) is 0 Å². The predicted molar refractivity (Wildman–Crippen MR) is 271 cm³/mol. The number of rotatable bonds is 6. The van der Waals surface area contributed by atoms with Crippen LogP contribution in [0.1, 0.15) is 0 Å². The van der Waals surface area contributed by atoms with E-state index >= 15 is 0 Å². The lowest BCUT2D eigenvalue weighted by molar-refractivity contribution is 1.07. The van der Waals surface area contributed by atoms with Gasteiger partial charge < -0.3 is 4.57 Å². The van der Waals surface area contributed by atoms with E-state index in [0.717, 1.165) is 55.5 Å². The van der Waals surface area contributed by atoms with Crippen LogP contribution >= 0.6 is 0 Å². The molecule has 0 atom stereocenters. The monoisotopic (exact) mass is 826 g/mol. The lowest BCUT2D eigenvalue weighted by atomic mass is 9.91. The molecule has 0 aliphatic heterocycles. The molecule has 65 heavy (non-hydrogen) atoms. The van der Waals surface area contributed by atoms with Gasteiger partial charge in [-0.15, -0.1) is 0 Å². The molecule has 4 nitrogen and oxygen atoms in total.